The molecule has 0 bridgehead atoms. The summed E-state index contributed by atoms with van der Waals surface area (Å²) in [5.41, 5.74) is 1.01. The van der Waals surface area contributed by atoms with Crippen molar-refractivity contribution in [3.63, 3.8) is 0 Å². The highest BCUT2D eigenvalue weighted by Crippen LogP contribution is 2.34. The van der Waals surface area contributed by atoms with Crippen LogP contribution in [0.15, 0.2) is 47.3 Å². The number of para-hydroxylation sites is 1. The first-order valence-corrected chi connectivity index (χ1v) is 9.54. The number of anilines is 1. The minimum atomic E-state index is -0.565. The second kappa shape index (κ2) is 7.20. The monoisotopic (exact) mass is 394 g/mol. The van der Waals surface area contributed by atoms with Gasteiger partial charge in [0.15, 0.2) is 0 Å². The first kappa shape index (κ1) is 18.9. The topological polar surface area (TPSA) is 93.4 Å². The van der Waals surface area contributed by atoms with Crippen molar-refractivity contribution >= 4 is 23.4 Å². The van der Waals surface area contributed by atoms with Gasteiger partial charge in [-0.2, -0.15) is 0 Å². The second-order valence-corrected chi connectivity index (χ2v) is 7.40. The molecule has 1 aromatic carbocycles. The van der Waals surface area contributed by atoms with Crippen LogP contribution < -0.4 is 10.9 Å². The molecule has 2 heterocycles. The summed E-state index contributed by atoms with van der Waals surface area (Å²) in [6, 6.07) is 9.08. The first-order valence-electron chi connectivity index (χ1n) is 9.54. The molecule has 2 atom stereocenters. The van der Waals surface area contributed by atoms with Crippen molar-refractivity contribution in [3.05, 3.63) is 58.5 Å². The molecule has 2 aliphatic rings. The minimum absolute atomic E-state index is 0.138. The van der Waals surface area contributed by atoms with Crippen LogP contribution in [0.1, 0.15) is 18.5 Å². The van der Waals surface area contributed by atoms with E-state index in [-0.39, 0.29) is 41.4 Å². The lowest BCUT2D eigenvalue weighted by molar-refractivity contribution is -0.142. The normalized spacial score (nSPS) is 20.8. The number of aromatic nitrogens is 2. The highest BCUT2D eigenvalue weighted by Gasteiger charge is 2.47. The molecule has 0 unspecified atom stereocenters. The molecule has 0 radical (unpaired) electrons. The Hall–Kier alpha value is -3.42. The molecule has 1 saturated heterocycles. The smallest absolute Gasteiger partial charge is 0.295 e. The molecule has 3 amide bonds. The number of rotatable bonds is 4. The van der Waals surface area contributed by atoms with Crippen molar-refractivity contribution in [2.24, 2.45) is 18.9 Å². The Morgan fingerprint density at radius 3 is 2.21 bits per heavy atom. The number of fused-ring (bicyclic) bond motifs is 1. The molecule has 1 N–H and O–H groups in total. The van der Waals surface area contributed by atoms with Gasteiger partial charge in [0.05, 0.1) is 23.2 Å². The Morgan fingerprint density at radius 2 is 1.62 bits per heavy atom. The lowest BCUT2D eigenvalue weighted by Crippen LogP contribution is -2.39. The third-order valence-electron chi connectivity index (χ3n) is 5.72. The van der Waals surface area contributed by atoms with E-state index in [2.05, 4.69) is 5.32 Å². The maximum Gasteiger partial charge on any atom is 0.295 e. The summed E-state index contributed by atoms with van der Waals surface area (Å²) in [6.45, 7) is 1.34. The molecule has 2 aromatic rings. The summed E-state index contributed by atoms with van der Waals surface area (Å²) >= 11 is 0. The van der Waals surface area contributed by atoms with Gasteiger partial charge in [0.1, 0.15) is 12.2 Å². The van der Waals surface area contributed by atoms with Crippen LogP contribution in [0.25, 0.3) is 5.69 Å². The SMILES string of the molecule is Cc1c(NC(=O)CN2C(=O)[C@H]3CC=CC[C@@H]3C2=O)c(=O)n(-c2ccccc2)n1C. The lowest BCUT2D eigenvalue weighted by Gasteiger charge is -2.14. The Bertz CT molecular complexity index is 1050. The summed E-state index contributed by atoms with van der Waals surface area (Å²) in [5.74, 6) is -1.95. The first-order chi connectivity index (χ1) is 13.9. The zero-order chi connectivity index (χ0) is 20.7. The number of benzene rings is 1. The molecular formula is C21H22N4O4. The summed E-state index contributed by atoms with van der Waals surface area (Å²) in [7, 11) is 1.73. The zero-order valence-corrected chi connectivity index (χ0v) is 16.3. The highest BCUT2D eigenvalue weighted by molar-refractivity contribution is 6.08. The van der Waals surface area contributed by atoms with Gasteiger partial charge in [-0.3, -0.25) is 28.8 Å². The van der Waals surface area contributed by atoms with Crippen molar-refractivity contribution in [2.75, 3.05) is 11.9 Å². The number of likely N-dealkylation sites (tertiary alicyclic amines) is 1. The largest absolute Gasteiger partial charge is 0.318 e. The molecule has 8 nitrogen and oxygen atoms in total. The summed E-state index contributed by atoms with van der Waals surface area (Å²) in [6.07, 6.45) is 4.84. The van der Waals surface area contributed by atoms with Gasteiger partial charge < -0.3 is 5.32 Å². The fourth-order valence-corrected chi connectivity index (χ4v) is 4.06. The van der Waals surface area contributed by atoms with E-state index in [1.54, 1.807) is 30.8 Å². The molecule has 1 aliphatic heterocycles. The number of nitrogens with zero attached hydrogens (tertiary/aromatic N) is 3. The molecule has 0 saturated carbocycles. The van der Waals surface area contributed by atoms with E-state index in [0.717, 1.165) is 4.90 Å². The number of carbonyl (C=O) groups excluding carboxylic acids is 3. The van der Waals surface area contributed by atoms with Gasteiger partial charge in [0.25, 0.3) is 5.56 Å². The van der Waals surface area contributed by atoms with Gasteiger partial charge in [-0.05, 0) is 31.9 Å². The minimum Gasteiger partial charge on any atom is -0.318 e. The average molecular weight is 394 g/mol. The number of amides is 3. The number of nitrogens with one attached hydrogen (secondary N) is 1. The van der Waals surface area contributed by atoms with Gasteiger partial charge in [-0.15, -0.1) is 0 Å². The molecule has 150 valence electrons. The van der Waals surface area contributed by atoms with Crippen molar-refractivity contribution in [3.8, 4) is 5.69 Å². The fourth-order valence-electron chi connectivity index (χ4n) is 4.06. The van der Waals surface area contributed by atoms with E-state index in [4.69, 9.17) is 0 Å². The molecule has 1 fully saturated rings. The van der Waals surface area contributed by atoms with Crippen LogP contribution in [-0.2, 0) is 21.4 Å². The van der Waals surface area contributed by atoms with Crippen LogP contribution in [0.5, 0.6) is 0 Å². The third kappa shape index (κ3) is 3.10. The number of allylic oxidation sites excluding steroid dienone is 2. The Balaban J connectivity index is 1.55. The van der Waals surface area contributed by atoms with E-state index < -0.39 is 5.91 Å². The zero-order valence-electron chi connectivity index (χ0n) is 16.3. The highest BCUT2D eigenvalue weighted by atomic mass is 16.2. The molecule has 8 heteroatoms. The number of hydrogen-bond acceptors (Lipinski definition) is 4. The summed E-state index contributed by atoms with van der Waals surface area (Å²) < 4.78 is 3.11. The van der Waals surface area contributed by atoms with Crippen LogP contribution in [-0.4, -0.2) is 38.5 Å². The molecule has 4 rings (SSSR count). The van der Waals surface area contributed by atoms with Crippen molar-refractivity contribution < 1.29 is 14.4 Å². The van der Waals surface area contributed by atoms with Crippen molar-refractivity contribution in [2.45, 2.75) is 19.8 Å². The predicted molar refractivity (Wildman–Crippen MR) is 106 cm³/mol. The summed E-state index contributed by atoms with van der Waals surface area (Å²) in [5, 5.41) is 2.60. The van der Waals surface area contributed by atoms with Crippen LogP contribution in [0, 0.1) is 18.8 Å². The van der Waals surface area contributed by atoms with E-state index in [1.165, 1.54) is 4.68 Å². The standard InChI is InChI=1S/C21H22N4O4/c1-13-18(21(29)25(23(13)2)14-8-4-3-5-9-14)22-17(26)12-24-19(27)15-10-6-7-11-16(15)20(24)28/h3-9,15-16H,10-12H2,1-2H3,(H,22,26)/t15-,16-/m0/s1. The van der Waals surface area contributed by atoms with E-state index >= 15 is 0 Å². The van der Waals surface area contributed by atoms with Gasteiger partial charge in [0.2, 0.25) is 17.7 Å². The van der Waals surface area contributed by atoms with Gasteiger partial charge in [-0.25, -0.2) is 4.68 Å². The number of carbonyl (C=O) groups is 3. The predicted octanol–water partition coefficient (Wildman–Crippen LogP) is 1.37. The third-order valence-corrected chi connectivity index (χ3v) is 5.72. The van der Waals surface area contributed by atoms with Crippen LogP contribution >= 0.6 is 0 Å². The van der Waals surface area contributed by atoms with Gasteiger partial charge >= 0.3 is 0 Å². The van der Waals surface area contributed by atoms with Gasteiger partial charge in [-0.1, -0.05) is 30.4 Å². The number of hydrogen-bond donors (Lipinski definition) is 1. The summed E-state index contributed by atoms with van der Waals surface area (Å²) in [4.78, 5) is 51.6. The Morgan fingerprint density at radius 1 is 1.03 bits per heavy atom. The van der Waals surface area contributed by atoms with Crippen molar-refractivity contribution in [1.82, 2.24) is 14.3 Å². The molecule has 0 spiro atoms. The van der Waals surface area contributed by atoms with E-state index in [1.807, 2.05) is 30.4 Å². The maximum absolute atomic E-state index is 12.9. The number of imide groups is 1. The second-order valence-electron chi connectivity index (χ2n) is 7.40. The molecule has 29 heavy (non-hydrogen) atoms. The van der Waals surface area contributed by atoms with Crippen molar-refractivity contribution in [1.29, 1.82) is 0 Å². The molecule has 1 aliphatic carbocycles. The Labute approximate surface area is 167 Å². The van der Waals surface area contributed by atoms with Crippen LogP contribution in [0.3, 0.4) is 0 Å². The van der Waals surface area contributed by atoms with E-state index in [0.29, 0.717) is 24.2 Å². The van der Waals surface area contributed by atoms with Gasteiger partial charge in [0, 0.05) is 7.05 Å². The van der Waals surface area contributed by atoms with E-state index in [9.17, 15) is 19.2 Å². The van der Waals surface area contributed by atoms with Crippen LogP contribution in [0.2, 0.25) is 0 Å². The molecule has 1 aromatic heterocycles. The Kier molecular flexibility index (Phi) is 4.70. The maximum atomic E-state index is 12.9. The lowest BCUT2D eigenvalue weighted by atomic mass is 9.85. The molecular weight excluding hydrogens is 372 g/mol. The quantitative estimate of drug-likeness (QED) is 0.626. The fraction of sp³-hybridized carbons (Fsp3) is 0.333. The average Bonchev–Trinajstić information content (AvgIpc) is 3.09. The van der Waals surface area contributed by atoms with Crippen LogP contribution in [0.4, 0.5) is 5.69 Å².